The van der Waals surface area contributed by atoms with Crippen molar-refractivity contribution in [3.8, 4) is 0 Å². The maximum atomic E-state index is 4.00. The molecule has 0 rings (SSSR count). The fourth-order valence-corrected chi connectivity index (χ4v) is 1.12. The molecule has 0 atom stereocenters. The first-order chi connectivity index (χ1) is 4.52. The number of allylic oxidation sites excluding steroid dienone is 1. The van der Waals surface area contributed by atoms with Crippen molar-refractivity contribution < 1.29 is 0 Å². The van der Waals surface area contributed by atoms with E-state index in [4.69, 9.17) is 0 Å². The van der Waals surface area contributed by atoms with E-state index in [-0.39, 0.29) is 0 Å². The van der Waals surface area contributed by atoms with E-state index in [1.807, 2.05) is 0 Å². The van der Waals surface area contributed by atoms with Gasteiger partial charge in [-0.05, 0) is 11.8 Å². The minimum Gasteiger partial charge on any atom is -0.0991 e. The summed E-state index contributed by atoms with van der Waals surface area (Å²) >= 11 is 2.37. The molecule has 0 aromatic rings. The lowest BCUT2D eigenvalue weighted by Crippen LogP contribution is -2.10. The Morgan fingerprint density at radius 2 is 2.00 bits per heavy atom. The second-order valence-electron chi connectivity index (χ2n) is 3.58. The van der Waals surface area contributed by atoms with Crippen LogP contribution in [0.15, 0.2) is 12.2 Å². The van der Waals surface area contributed by atoms with Crippen molar-refractivity contribution >= 4 is 22.6 Å². The molecule has 0 radical (unpaired) electrons. The van der Waals surface area contributed by atoms with Crippen LogP contribution in [0.25, 0.3) is 0 Å². The molecular weight excluding hydrogens is 235 g/mol. The molecule has 0 saturated heterocycles. The molecule has 0 aromatic heterocycles. The molecule has 0 amide bonds. The van der Waals surface area contributed by atoms with Crippen LogP contribution in [-0.2, 0) is 0 Å². The van der Waals surface area contributed by atoms with Crippen molar-refractivity contribution in [2.45, 2.75) is 33.6 Å². The van der Waals surface area contributed by atoms with E-state index in [0.29, 0.717) is 5.41 Å². The summed E-state index contributed by atoms with van der Waals surface area (Å²) in [6.45, 7) is 10.8. The van der Waals surface area contributed by atoms with Crippen LogP contribution in [0, 0.1) is 5.41 Å². The summed E-state index contributed by atoms with van der Waals surface area (Å²) in [6, 6.07) is 0. The van der Waals surface area contributed by atoms with Crippen LogP contribution in [0.2, 0.25) is 0 Å². The Labute approximate surface area is 78.2 Å². The highest BCUT2D eigenvalue weighted by atomic mass is 127. The van der Waals surface area contributed by atoms with Gasteiger partial charge in [0.05, 0.1) is 0 Å². The lowest BCUT2D eigenvalue weighted by atomic mass is 9.84. The standard InChI is InChI=1S/C9H17I/c1-5-9(3,4)6-8(2)7-10/h2,5-7H2,1,3-4H3. The van der Waals surface area contributed by atoms with E-state index in [2.05, 4.69) is 49.9 Å². The predicted molar refractivity (Wildman–Crippen MR) is 56.7 cm³/mol. The minimum atomic E-state index is 0.461. The zero-order valence-corrected chi connectivity index (χ0v) is 9.36. The summed E-state index contributed by atoms with van der Waals surface area (Å²) in [5.74, 6) is 0. The van der Waals surface area contributed by atoms with Crippen molar-refractivity contribution in [2.24, 2.45) is 5.41 Å². The zero-order valence-electron chi connectivity index (χ0n) is 7.21. The SMILES string of the molecule is C=C(CI)CC(C)(C)CC. The Hall–Kier alpha value is 0.470. The molecular formula is C9H17I. The predicted octanol–water partition coefficient (Wildman–Crippen LogP) is 3.80. The summed E-state index contributed by atoms with van der Waals surface area (Å²) in [4.78, 5) is 0. The van der Waals surface area contributed by atoms with Gasteiger partial charge in [-0.25, -0.2) is 0 Å². The number of hydrogen-bond donors (Lipinski definition) is 0. The van der Waals surface area contributed by atoms with Crippen molar-refractivity contribution in [1.82, 2.24) is 0 Å². The average Bonchev–Trinajstić information content (AvgIpc) is 1.87. The molecule has 0 aliphatic carbocycles. The van der Waals surface area contributed by atoms with Crippen LogP contribution in [0.3, 0.4) is 0 Å². The molecule has 0 bridgehead atoms. The third-order valence-corrected chi connectivity index (χ3v) is 2.95. The number of rotatable bonds is 4. The van der Waals surface area contributed by atoms with Crippen molar-refractivity contribution in [3.05, 3.63) is 12.2 Å². The normalized spacial score (nSPS) is 11.6. The van der Waals surface area contributed by atoms with E-state index < -0.39 is 0 Å². The van der Waals surface area contributed by atoms with Crippen molar-refractivity contribution in [2.75, 3.05) is 4.43 Å². The van der Waals surface area contributed by atoms with E-state index in [1.54, 1.807) is 0 Å². The average molecular weight is 252 g/mol. The van der Waals surface area contributed by atoms with Crippen molar-refractivity contribution in [3.63, 3.8) is 0 Å². The van der Waals surface area contributed by atoms with Gasteiger partial charge in [0.2, 0.25) is 0 Å². The van der Waals surface area contributed by atoms with E-state index >= 15 is 0 Å². The van der Waals surface area contributed by atoms with Gasteiger partial charge < -0.3 is 0 Å². The first-order valence-corrected chi connectivity index (χ1v) is 5.27. The Morgan fingerprint density at radius 3 is 2.30 bits per heavy atom. The van der Waals surface area contributed by atoms with Gasteiger partial charge in [-0.1, -0.05) is 61.9 Å². The molecule has 60 valence electrons. The smallest absolute Gasteiger partial charge is 0.0203 e. The fraction of sp³-hybridized carbons (Fsp3) is 0.778. The molecule has 1 heteroatoms. The highest BCUT2D eigenvalue weighted by Gasteiger charge is 2.15. The Morgan fingerprint density at radius 1 is 1.50 bits per heavy atom. The molecule has 10 heavy (non-hydrogen) atoms. The quantitative estimate of drug-likeness (QED) is 0.405. The Bertz CT molecular complexity index is 114. The maximum absolute atomic E-state index is 4.00. The number of hydrogen-bond acceptors (Lipinski definition) is 0. The molecule has 0 saturated carbocycles. The number of alkyl halides is 1. The topological polar surface area (TPSA) is 0 Å². The molecule has 0 fully saturated rings. The number of halogens is 1. The van der Waals surface area contributed by atoms with E-state index in [9.17, 15) is 0 Å². The molecule has 0 nitrogen and oxygen atoms in total. The molecule has 0 aliphatic rings. The van der Waals surface area contributed by atoms with E-state index in [0.717, 1.165) is 4.43 Å². The maximum Gasteiger partial charge on any atom is 0.0203 e. The monoisotopic (exact) mass is 252 g/mol. The highest BCUT2D eigenvalue weighted by Crippen LogP contribution is 2.28. The molecule has 0 N–H and O–H groups in total. The molecule has 0 unspecified atom stereocenters. The minimum absolute atomic E-state index is 0.461. The van der Waals surface area contributed by atoms with Gasteiger partial charge in [0.25, 0.3) is 0 Å². The van der Waals surface area contributed by atoms with E-state index in [1.165, 1.54) is 18.4 Å². The Kier molecular flexibility index (Phi) is 4.57. The van der Waals surface area contributed by atoms with Crippen LogP contribution >= 0.6 is 22.6 Å². The summed E-state index contributed by atoms with van der Waals surface area (Å²) < 4.78 is 1.10. The summed E-state index contributed by atoms with van der Waals surface area (Å²) in [5.41, 5.74) is 1.83. The molecule has 0 spiro atoms. The van der Waals surface area contributed by atoms with Crippen LogP contribution in [0.4, 0.5) is 0 Å². The van der Waals surface area contributed by atoms with Gasteiger partial charge in [0, 0.05) is 4.43 Å². The largest absolute Gasteiger partial charge is 0.0991 e. The van der Waals surface area contributed by atoms with Gasteiger partial charge >= 0.3 is 0 Å². The van der Waals surface area contributed by atoms with Gasteiger partial charge in [-0.15, -0.1) is 0 Å². The third kappa shape index (κ3) is 4.31. The molecule has 0 aromatic carbocycles. The van der Waals surface area contributed by atoms with Gasteiger partial charge in [0.15, 0.2) is 0 Å². The summed E-state index contributed by atoms with van der Waals surface area (Å²) in [7, 11) is 0. The molecule has 0 aliphatic heterocycles. The van der Waals surface area contributed by atoms with Gasteiger partial charge in [0.1, 0.15) is 0 Å². The van der Waals surface area contributed by atoms with Crippen LogP contribution in [-0.4, -0.2) is 4.43 Å². The van der Waals surface area contributed by atoms with Crippen LogP contribution in [0.5, 0.6) is 0 Å². The fourth-order valence-electron chi connectivity index (χ4n) is 0.849. The lowest BCUT2D eigenvalue weighted by molar-refractivity contribution is 0.349. The first kappa shape index (κ1) is 10.5. The summed E-state index contributed by atoms with van der Waals surface area (Å²) in [6.07, 6.45) is 2.41. The van der Waals surface area contributed by atoms with Gasteiger partial charge in [-0.3, -0.25) is 0 Å². The Balaban J connectivity index is 3.76. The van der Waals surface area contributed by atoms with Crippen LogP contribution in [0.1, 0.15) is 33.6 Å². The second kappa shape index (κ2) is 4.37. The summed E-state index contributed by atoms with van der Waals surface area (Å²) in [5, 5.41) is 0. The highest BCUT2D eigenvalue weighted by molar-refractivity contribution is 14.1. The van der Waals surface area contributed by atoms with Crippen LogP contribution < -0.4 is 0 Å². The zero-order chi connectivity index (χ0) is 8.20. The second-order valence-corrected chi connectivity index (χ2v) is 4.34. The first-order valence-electron chi connectivity index (χ1n) is 3.74. The molecule has 0 heterocycles. The van der Waals surface area contributed by atoms with Crippen molar-refractivity contribution in [1.29, 1.82) is 0 Å². The third-order valence-electron chi connectivity index (χ3n) is 1.87. The van der Waals surface area contributed by atoms with Gasteiger partial charge in [-0.2, -0.15) is 0 Å². The lowest BCUT2D eigenvalue weighted by Gasteiger charge is -2.22.